The number of rotatable bonds is 6. The largest absolute Gasteiger partial charge is 0.497 e. The van der Waals surface area contributed by atoms with Crippen LogP contribution >= 0.6 is 27.5 Å². The molecular weight excluding hydrogens is 330 g/mol. The van der Waals surface area contributed by atoms with Crippen molar-refractivity contribution in [1.82, 2.24) is 5.32 Å². The maximum atomic E-state index is 12.3. The first-order chi connectivity index (χ1) is 8.99. The maximum Gasteiger partial charge on any atom is 0.252 e. The van der Waals surface area contributed by atoms with Gasteiger partial charge >= 0.3 is 0 Å². The van der Waals surface area contributed by atoms with E-state index in [0.29, 0.717) is 23.1 Å². The van der Waals surface area contributed by atoms with Gasteiger partial charge < -0.3 is 10.1 Å². The van der Waals surface area contributed by atoms with Crippen molar-refractivity contribution in [2.45, 2.75) is 26.3 Å². The molecule has 0 saturated carbocycles. The van der Waals surface area contributed by atoms with Crippen molar-refractivity contribution >= 4 is 33.4 Å². The molecule has 0 bridgehead atoms. The van der Waals surface area contributed by atoms with E-state index in [1.165, 1.54) is 0 Å². The van der Waals surface area contributed by atoms with E-state index < -0.39 is 0 Å². The van der Waals surface area contributed by atoms with E-state index in [1.807, 2.05) is 0 Å². The Balaban J connectivity index is 2.87. The molecule has 1 aromatic rings. The second-order valence-corrected chi connectivity index (χ2v) is 5.88. The predicted octanol–water partition coefficient (Wildman–Crippen LogP) is 3.84. The van der Waals surface area contributed by atoms with E-state index >= 15 is 0 Å². The highest BCUT2D eigenvalue weighted by molar-refractivity contribution is 9.10. The molecule has 1 rings (SSSR count). The fraction of sp³-hybridized carbons (Fsp3) is 0.500. The van der Waals surface area contributed by atoms with Gasteiger partial charge in [-0.2, -0.15) is 0 Å². The van der Waals surface area contributed by atoms with Crippen LogP contribution in [0.5, 0.6) is 5.75 Å². The van der Waals surface area contributed by atoms with Gasteiger partial charge in [0.2, 0.25) is 0 Å². The minimum atomic E-state index is -0.116. The third-order valence-electron chi connectivity index (χ3n) is 2.96. The molecule has 1 atom stereocenters. The van der Waals surface area contributed by atoms with Gasteiger partial charge in [-0.25, -0.2) is 0 Å². The summed E-state index contributed by atoms with van der Waals surface area (Å²) in [6.07, 6.45) is 0.756. The normalized spacial score (nSPS) is 12.3. The summed E-state index contributed by atoms with van der Waals surface area (Å²) in [7, 11) is 1.58. The van der Waals surface area contributed by atoms with Crippen LogP contribution in [0, 0.1) is 5.92 Å². The van der Waals surface area contributed by atoms with Crippen molar-refractivity contribution < 1.29 is 9.53 Å². The standard InChI is InChI=1S/C14H19BrClNO2/c1-9(2)13(6-7-16)17-14(18)11-8-10(19-3)4-5-12(11)15/h4-5,8-9,13H,6-7H2,1-3H3,(H,17,18). The lowest BCUT2D eigenvalue weighted by molar-refractivity contribution is 0.0924. The lowest BCUT2D eigenvalue weighted by Crippen LogP contribution is -2.39. The van der Waals surface area contributed by atoms with Gasteiger partial charge in [-0.3, -0.25) is 4.79 Å². The quantitative estimate of drug-likeness (QED) is 0.793. The van der Waals surface area contributed by atoms with E-state index in [4.69, 9.17) is 16.3 Å². The van der Waals surface area contributed by atoms with Crippen LogP contribution in [0.2, 0.25) is 0 Å². The van der Waals surface area contributed by atoms with E-state index in [2.05, 4.69) is 35.1 Å². The third-order valence-corrected chi connectivity index (χ3v) is 3.87. The van der Waals surface area contributed by atoms with Crippen LogP contribution < -0.4 is 10.1 Å². The summed E-state index contributed by atoms with van der Waals surface area (Å²) in [4.78, 5) is 12.3. The monoisotopic (exact) mass is 347 g/mol. The summed E-state index contributed by atoms with van der Waals surface area (Å²) in [6.45, 7) is 4.14. The summed E-state index contributed by atoms with van der Waals surface area (Å²) in [5.41, 5.74) is 0.569. The van der Waals surface area contributed by atoms with Crippen molar-refractivity contribution in [2.24, 2.45) is 5.92 Å². The zero-order valence-electron chi connectivity index (χ0n) is 11.4. The van der Waals surface area contributed by atoms with E-state index in [-0.39, 0.29) is 11.9 Å². The summed E-state index contributed by atoms with van der Waals surface area (Å²) >= 11 is 9.15. The first-order valence-electron chi connectivity index (χ1n) is 6.20. The average Bonchev–Trinajstić information content (AvgIpc) is 2.38. The van der Waals surface area contributed by atoms with E-state index in [9.17, 15) is 4.79 Å². The van der Waals surface area contributed by atoms with Gasteiger partial charge in [0.25, 0.3) is 5.91 Å². The highest BCUT2D eigenvalue weighted by atomic mass is 79.9. The number of alkyl halides is 1. The number of methoxy groups -OCH3 is 1. The number of hydrogen-bond acceptors (Lipinski definition) is 2. The van der Waals surface area contributed by atoms with Crippen LogP contribution in [0.15, 0.2) is 22.7 Å². The number of hydrogen-bond donors (Lipinski definition) is 1. The Morgan fingerprint density at radius 3 is 2.68 bits per heavy atom. The molecule has 0 spiro atoms. The number of ether oxygens (including phenoxy) is 1. The van der Waals surface area contributed by atoms with Crippen molar-refractivity contribution in [3.63, 3.8) is 0 Å². The van der Waals surface area contributed by atoms with Crippen molar-refractivity contribution in [2.75, 3.05) is 13.0 Å². The second-order valence-electron chi connectivity index (χ2n) is 4.65. The molecule has 106 valence electrons. The zero-order valence-corrected chi connectivity index (χ0v) is 13.7. The molecule has 0 aliphatic heterocycles. The first-order valence-corrected chi connectivity index (χ1v) is 7.52. The smallest absolute Gasteiger partial charge is 0.252 e. The number of halogens is 2. The topological polar surface area (TPSA) is 38.3 Å². The van der Waals surface area contributed by atoms with Crippen LogP contribution in [0.4, 0.5) is 0 Å². The minimum Gasteiger partial charge on any atom is -0.497 e. The number of carbonyl (C=O) groups excluding carboxylic acids is 1. The lowest BCUT2D eigenvalue weighted by atomic mass is 10.0. The van der Waals surface area contributed by atoms with Crippen LogP contribution in [0.1, 0.15) is 30.6 Å². The molecule has 1 unspecified atom stereocenters. The van der Waals surface area contributed by atoms with Gasteiger partial charge in [0.1, 0.15) is 5.75 Å². The number of nitrogens with one attached hydrogen (secondary N) is 1. The Morgan fingerprint density at radius 2 is 2.16 bits per heavy atom. The second kappa shape index (κ2) is 7.75. The van der Waals surface area contributed by atoms with Crippen molar-refractivity contribution in [3.8, 4) is 5.75 Å². The van der Waals surface area contributed by atoms with E-state index in [1.54, 1.807) is 25.3 Å². The van der Waals surface area contributed by atoms with Crippen LogP contribution in [0.3, 0.4) is 0 Å². The molecule has 3 nitrogen and oxygen atoms in total. The molecular formula is C14H19BrClNO2. The fourth-order valence-electron chi connectivity index (χ4n) is 1.74. The Bertz CT molecular complexity index is 437. The highest BCUT2D eigenvalue weighted by Crippen LogP contribution is 2.23. The molecule has 0 heterocycles. The number of carbonyl (C=O) groups is 1. The van der Waals surface area contributed by atoms with Gasteiger partial charge in [0.15, 0.2) is 0 Å². The van der Waals surface area contributed by atoms with Crippen molar-refractivity contribution in [1.29, 1.82) is 0 Å². The molecule has 0 radical (unpaired) electrons. The molecule has 1 amide bonds. The van der Waals surface area contributed by atoms with Crippen LogP contribution in [-0.4, -0.2) is 24.9 Å². The Hall–Kier alpha value is -0.740. The number of amides is 1. The highest BCUT2D eigenvalue weighted by Gasteiger charge is 2.18. The first kappa shape index (κ1) is 16.3. The summed E-state index contributed by atoms with van der Waals surface area (Å²) in [5.74, 6) is 1.41. The fourth-order valence-corrected chi connectivity index (χ4v) is 2.40. The molecule has 0 saturated heterocycles. The average molecular weight is 349 g/mol. The molecule has 0 aromatic heterocycles. The minimum absolute atomic E-state index is 0.0723. The molecule has 0 aliphatic rings. The third kappa shape index (κ3) is 4.69. The van der Waals surface area contributed by atoms with Crippen LogP contribution in [-0.2, 0) is 0 Å². The van der Waals surface area contributed by atoms with Gasteiger partial charge in [-0.1, -0.05) is 13.8 Å². The molecule has 0 fully saturated rings. The Morgan fingerprint density at radius 1 is 1.47 bits per heavy atom. The summed E-state index contributed by atoms with van der Waals surface area (Å²) in [6, 6.07) is 5.40. The predicted molar refractivity (Wildman–Crippen MR) is 82.1 cm³/mol. The summed E-state index contributed by atoms with van der Waals surface area (Å²) in [5, 5.41) is 3.02. The summed E-state index contributed by atoms with van der Waals surface area (Å²) < 4.78 is 5.89. The van der Waals surface area contributed by atoms with Gasteiger partial charge in [-0.15, -0.1) is 11.6 Å². The Labute approximate surface area is 127 Å². The molecule has 1 aromatic carbocycles. The lowest BCUT2D eigenvalue weighted by Gasteiger charge is -2.22. The Kier molecular flexibility index (Phi) is 6.66. The maximum absolute atomic E-state index is 12.3. The van der Waals surface area contributed by atoms with Gasteiger partial charge in [-0.05, 0) is 46.5 Å². The molecule has 5 heteroatoms. The van der Waals surface area contributed by atoms with E-state index in [0.717, 1.165) is 10.9 Å². The number of benzene rings is 1. The SMILES string of the molecule is COc1ccc(Br)c(C(=O)NC(CCCl)C(C)C)c1. The molecule has 0 aliphatic carbocycles. The van der Waals surface area contributed by atoms with Crippen molar-refractivity contribution in [3.05, 3.63) is 28.2 Å². The molecule has 1 N–H and O–H groups in total. The van der Waals surface area contributed by atoms with Crippen LogP contribution in [0.25, 0.3) is 0 Å². The molecule has 19 heavy (non-hydrogen) atoms. The van der Waals surface area contributed by atoms with Gasteiger partial charge in [0, 0.05) is 16.4 Å². The van der Waals surface area contributed by atoms with Gasteiger partial charge in [0.05, 0.1) is 12.7 Å². The zero-order chi connectivity index (χ0) is 14.4.